The van der Waals surface area contributed by atoms with Gasteiger partial charge in [0, 0.05) is 0 Å². The van der Waals surface area contributed by atoms with Crippen LogP contribution in [-0.2, 0) is 4.79 Å². The van der Waals surface area contributed by atoms with Crippen LogP contribution >= 0.6 is 0 Å². The molecule has 0 saturated carbocycles. The molecule has 1 atom stereocenters. The summed E-state index contributed by atoms with van der Waals surface area (Å²) in [7, 11) is 0. The molecular formula is C18H18FNO4. The highest BCUT2D eigenvalue weighted by Gasteiger charge is 2.17. The number of carboxylic acid groups (broad SMARTS) is 1. The lowest BCUT2D eigenvalue weighted by Crippen LogP contribution is -2.36. The fourth-order valence-electron chi connectivity index (χ4n) is 2.17. The molecule has 1 unspecified atom stereocenters. The second-order valence-corrected chi connectivity index (χ2v) is 5.56. The number of benzene rings is 2. The van der Waals surface area contributed by atoms with E-state index in [0.717, 1.165) is 16.7 Å². The molecule has 24 heavy (non-hydrogen) atoms. The van der Waals surface area contributed by atoms with Gasteiger partial charge in [-0.1, -0.05) is 24.3 Å². The number of hydrogen-bond acceptors (Lipinski definition) is 3. The zero-order valence-corrected chi connectivity index (χ0v) is 13.3. The van der Waals surface area contributed by atoms with Gasteiger partial charge in [0.25, 0.3) is 5.91 Å². The average Bonchev–Trinajstić information content (AvgIpc) is 2.54. The third kappa shape index (κ3) is 3.97. The molecule has 0 bridgehead atoms. The number of aliphatic hydroxyl groups excluding tert-OH is 1. The zero-order valence-electron chi connectivity index (χ0n) is 13.3. The molecule has 0 fully saturated rings. The van der Waals surface area contributed by atoms with Gasteiger partial charge in [-0.05, 0) is 48.2 Å². The van der Waals surface area contributed by atoms with E-state index in [-0.39, 0.29) is 5.56 Å². The van der Waals surface area contributed by atoms with E-state index in [2.05, 4.69) is 5.32 Å². The van der Waals surface area contributed by atoms with Crippen LogP contribution in [0.5, 0.6) is 0 Å². The average molecular weight is 331 g/mol. The van der Waals surface area contributed by atoms with E-state index in [4.69, 9.17) is 10.2 Å². The zero-order chi connectivity index (χ0) is 17.9. The monoisotopic (exact) mass is 331 g/mol. The minimum Gasteiger partial charge on any atom is -0.479 e. The van der Waals surface area contributed by atoms with Crippen LogP contribution in [0.15, 0.2) is 36.4 Å². The van der Waals surface area contributed by atoms with E-state index < -0.39 is 30.3 Å². The summed E-state index contributed by atoms with van der Waals surface area (Å²) in [6, 6.07) is 9.97. The first kappa shape index (κ1) is 17.6. The van der Waals surface area contributed by atoms with Gasteiger partial charge in [-0.3, -0.25) is 4.79 Å². The van der Waals surface area contributed by atoms with Crippen molar-refractivity contribution in [3.05, 3.63) is 58.9 Å². The topological polar surface area (TPSA) is 86.6 Å². The van der Waals surface area contributed by atoms with Gasteiger partial charge >= 0.3 is 5.97 Å². The normalized spacial score (nSPS) is 11.8. The van der Waals surface area contributed by atoms with Crippen molar-refractivity contribution in [1.29, 1.82) is 0 Å². The molecule has 0 aliphatic carbocycles. The Kier molecular flexibility index (Phi) is 5.31. The summed E-state index contributed by atoms with van der Waals surface area (Å²) in [4.78, 5) is 22.4. The first-order chi connectivity index (χ1) is 11.3. The number of aryl methyl sites for hydroxylation is 2. The van der Waals surface area contributed by atoms with E-state index >= 15 is 0 Å². The maximum Gasteiger partial charge on any atom is 0.334 e. The van der Waals surface area contributed by atoms with Gasteiger partial charge in [0.05, 0.1) is 12.1 Å². The molecule has 3 N–H and O–H groups in total. The number of carboxylic acids is 1. The van der Waals surface area contributed by atoms with Gasteiger partial charge in [-0.25, -0.2) is 9.18 Å². The molecule has 1 amide bonds. The van der Waals surface area contributed by atoms with Gasteiger partial charge in [0.2, 0.25) is 0 Å². The van der Waals surface area contributed by atoms with Crippen molar-refractivity contribution in [2.75, 3.05) is 6.54 Å². The lowest BCUT2D eigenvalue weighted by Gasteiger charge is -2.10. The Bertz CT molecular complexity index is 789. The molecule has 2 aromatic rings. The predicted octanol–water partition coefficient (Wildman–Crippen LogP) is 2.28. The fourth-order valence-corrected chi connectivity index (χ4v) is 2.17. The smallest absolute Gasteiger partial charge is 0.334 e. The van der Waals surface area contributed by atoms with Crippen molar-refractivity contribution in [3.63, 3.8) is 0 Å². The second-order valence-electron chi connectivity index (χ2n) is 5.56. The number of halogens is 1. The Morgan fingerprint density at radius 3 is 2.29 bits per heavy atom. The Morgan fingerprint density at radius 1 is 1.08 bits per heavy atom. The molecule has 2 aromatic carbocycles. The molecule has 0 saturated heterocycles. The molecule has 0 aliphatic rings. The maximum absolute atomic E-state index is 14.2. The highest BCUT2D eigenvalue weighted by molar-refractivity contribution is 5.95. The summed E-state index contributed by atoms with van der Waals surface area (Å²) in [6.07, 6.45) is -1.73. The van der Waals surface area contributed by atoms with Crippen molar-refractivity contribution in [2.45, 2.75) is 20.0 Å². The summed E-state index contributed by atoms with van der Waals surface area (Å²) in [5.74, 6) is -2.95. The van der Waals surface area contributed by atoms with Gasteiger partial charge in [0.1, 0.15) is 5.82 Å². The number of amides is 1. The molecule has 0 spiro atoms. The Hall–Kier alpha value is -2.73. The Labute approximate surface area is 138 Å². The van der Waals surface area contributed by atoms with Crippen LogP contribution in [0.25, 0.3) is 11.1 Å². The summed E-state index contributed by atoms with van der Waals surface area (Å²) in [5, 5.41) is 19.9. The number of aliphatic carboxylic acids is 1. The predicted molar refractivity (Wildman–Crippen MR) is 87.3 cm³/mol. The fraction of sp³-hybridized carbons (Fsp3) is 0.222. The summed E-state index contributed by atoms with van der Waals surface area (Å²) in [6.45, 7) is 3.45. The van der Waals surface area contributed by atoms with E-state index in [0.29, 0.717) is 5.56 Å². The van der Waals surface area contributed by atoms with Gasteiger partial charge in [-0.2, -0.15) is 0 Å². The number of carbonyl (C=O) groups is 2. The summed E-state index contributed by atoms with van der Waals surface area (Å²) >= 11 is 0. The first-order valence-electron chi connectivity index (χ1n) is 7.36. The molecule has 2 rings (SSSR count). The second kappa shape index (κ2) is 7.23. The number of hydrogen-bond donors (Lipinski definition) is 3. The lowest BCUT2D eigenvalue weighted by molar-refractivity contribution is -0.146. The molecule has 5 nitrogen and oxygen atoms in total. The van der Waals surface area contributed by atoms with Crippen LogP contribution in [0.4, 0.5) is 4.39 Å². The highest BCUT2D eigenvalue weighted by Crippen LogP contribution is 2.24. The number of carbonyl (C=O) groups excluding carboxylic acids is 1. The van der Waals surface area contributed by atoms with Crippen molar-refractivity contribution in [1.82, 2.24) is 5.32 Å². The molecule has 0 aromatic heterocycles. The summed E-state index contributed by atoms with van der Waals surface area (Å²) in [5.41, 5.74) is 3.48. The van der Waals surface area contributed by atoms with Gasteiger partial charge in [-0.15, -0.1) is 0 Å². The van der Waals surface area contributed by atoms with Crippen molar-refractivity contribution in [3.8, 4) is 11.1 Å². The van der Waals surface area contributed by atoms with Crippen molar-refractivity contribution < 1.29 is 24.2 Å². The van der Waals surface area contributed by atoms with E-state index in [9.17, 15) is 14.0 Å². The van der Waals surface area contributed by atoms with E-state index in [1.54, 1.807) is 6.07 Å². The molecule has 0 radical (unpaired) electrons. The van der Waals surface area contributed by atoms with Crippen LogP contribution in [0.1, 0.15) is 21.5 Å². The van der Waals surface area contributed by atoms with Gasteiger partial charge < -0.3 is 15.5 Å². The Balaban J connectivity index is 2.18. The van der Waals surface area contributed by atoms with Crippen LogP contribution in [0.2, 0.25) is 0 Å². The lowest BCUT2D eigenvalue weighted by atomic mass is 9.99. The third-order valence-electron chi connectivity index (χ3n) is 3.79. The van der Waals surface area contributed by atoms with Crippen LogP contribution in [0, 0.1) is 19.7 Å². The molecule has 126 valence electrons. The number of aliphatic hydroxyl groups is 1. The van der Waals surface area contributed by atoms with Crippen molar-refractivity contribution in [2.24, 2.45) is 0 Å². The molecule has 6 heteroatoms. The van der Waals surface area contributed by atoms with Crippen LogP contribution in [0.3, 0.4) is 0 Å². The minimum atomic E-state index is -1.73. The third-order valence-corrected chi connectivity index (χ3v) is 3.79. The maximum atomic E-state index is 14.2. The van der Waals surface area contributed by atoms with Crippen molar-refractivity contribution >= 4 is 11.9 Å². The quantitative estimate of drug-likeness (QED) is 0.784. The molecule has 0 heterocycles. The van der Waals surface area contributed by atoms with E-state index in [1.165, 1.54) is 12.1 Å². The molecule has 0 aliphatic heterocycles. The number of rotatable bonds is 5. The Morgan fingerprint density at radius 2 is 1.71 bits per heavy atom. The molecular weight excluding hydrogens is 313 g/mol. The highest BCUT2D eigenvalue weighted by atomic mass is 19.1. The number of nitrogens with one attached hydrogen (secondary N) is 1. The van der Waals surface area contributed by atoms with Crippen LogP contribution in [-0.4, -0.2) is 34.7 Å². The van der Waals surface area contributed by atoms with Crippen LogP contribution < -0.4 is 5.32 Å². The van der Waals surface area contributed by atoms with Gasteiger partial charge in [0.15, 0.2) is 6.10 Å². The largest absolute Gasteiger partial charge is 0.479 e. The first-order valence-corrected chi connectivity index (χ1v) is 7.36. The SMILES string of the molecule is Cc1ccc(-c2ccc(C(=O)NCC(O)C(=O)O)c(F)c2)cc1C. The standard InChI is InChI=1S/C18H18FNO4/c1-10-3-4-12(7-11(10)2)13-5-6-14(15(19)8-13)17(22)20-9-16(21)18(23)24/h3-8,16,21H,9H2,1-2H3,(H,20,22)(H,23,24). The minimum absolute atomic E-state index is 0.208. The summed E-state index contributed by atoms with van der Waals surface area (Å²) < 4.78 is 14.2. The van der Waals surface area contributed by atoms with E-state index in [1.807, 2.05) is 32.0 Å².